The zero-order valence-corrected chi connectivity index (χ0v) is 11.6. The first kappa shape index (κ1) is 14.3. The van der Waals surface area contributed by atoms with Crippen LogP contribution in [0.2, 0.25) is 0 Å². The molecule has 0 aliphatic carbocycles. The zero-order valence-electron chi connectivity index (χ0n) is 10.0. The lowest BCUT2D eigenvalue weighted by atomic mass is 9.97. The molecule has 1 unspecified atom stereocenters. The quantitative estimate of drug-likeness (QED) is 0.908. The first-order valence-electron chi connectivity index (χ1n) is 5.61. The van der Waals surface area contributed by atoms with Gasteiger partial charge >= 0.3 is 0 Å². The van der Waals surface area contributed by atoms with Gasteiger partial charge in [0.15, 0.2) is 0 Å². The average molecular weight is 302 g/mol. The minimum atomic E-state index is -0.356. The van der Waals surface area contributed by atoms with E-state index in [0.29, 0.717) is 16.5 Å². The van der Waals surface area contributed by atoms with Gasteiger partial charge in [0.25, 0.3) is 0 Å². The molecule has 2 nitrogen and oxygen atoms in total. The third-order valence-corrected chi connectivity index (χ3v) is 3.22. The van der Waals surface area contributed by atoms with Crippen molar-refractivity contribution in [3.63, 3.8) is 0 Å². The Balaban J connectivity index is 2.62. The summed E-state index contributed by atoms with van der Waals surface area (Å²) in [6.07, 6.45) is 0.409. The summed E-state index contributed by atoms with van der Waals surface area (Å²) in [7, 11) is 0. The summed E-state index contributed by atoms with van der Waals surface area (Å²) in [5.41, 5.74) is 6.24. The minimum Gasteiger partial charge on any atom is -0.327 e. The summed E-state index contributed by atoms with van der Waals surface area (Å²) in [5.74, 6) is -0.119. The second-order valence-corrected chi connectivity index (χ2v) is 5.48. The maximum atomic E-state index is 13.5. The van der Waals surface area contributed by atoms with Crippen LogP contribution in [0.15, 0.2) is 22.7 Å². The SMILES string of the molecule is CC(C)C(N)CC(=O)Cc1ccc(Br)cc1F. The lowest BCUT2D eigenvalue weighted by Crippen LogP contribution is -2.29. The number of hydrogen-bond acceptors (Lipinski definition) is 2. The van der Waals surface area contributed by atoms with Crippen molar-refractivity contribution in [1.29, 1.82) is 0 Å². The number of carbonyl (C=O) groups excluding carboxylic acids is 1. The molecule has 0 saturated carbocycles. The molecule has 0 saturated heterocycles. The van der Waals surface area contributed by atoms with Gasteiger partial charge in [-0.25, -0.2) is 4.39 Å². The number of carbonyl (C=O) groups is 1. The van der Waals surface area contributed by atoms with Crippen LogP contribution in [0.1, 0.15) is 25.8 Å². The Bertz CT molecular complexity index is 406. The molecule has 1 rings (SSSR count). The molecule has 0 bridgehead atoms. The second-order valence-electron chi connectivity index (χ2n) is 4.56. The van der Waals surface area contributed by atoms with Crippen molar-refractivity contribution in [3.05, 3.63) is 34.1 Å². The lowest BCUT2D eigenvalue weighted by molar-refractivity contribution is -0.119. The average Bonchev–Trinajstić information content (AvgIpc) is 2.22. The highest BCUT2D eigenvalue weighted by atomic mass is 79.9. The first-order valence-corrected chi connectivity index (χ1v) is 6.40. The van der Waals surface area contributed by atoms with Crippen LogP contribution in [-0.2, 0) is 11.2 Å². The van der Waals surface area contributed by atoms with Gasteiger partial charge in [-0.05, 0) is 23.6 Å². The molecule has 17 heavy (non-hydrogen) atoms. The number of hydrogen-bond donors (Lipinski definition) is 1. The van der Waals surface area contributed by atoms with Crippen molar-refractivity contribution < 1.29 is 9.18 Å². The highest BCUT2D eigenvalue weighted by Gasteiger charge is 2.14. The van der Waals surface area contributed by atoms with Crippen LogP contribution >= 0.6 is 15.9 Å². The van der Waals surface area contributed by atoms with E-state index < -0.39 is 0 Å². The number of benzene rings is 1. The van der Waals surface area contributed by atoms with Crippen molar-refractivity contribution in [2.45, 2.75) is 32.7 Å². The molecule has 2 N–H and O–H groups in total. The van der Waals surface area contributed by atoms with Gasteiger partial charge in [0, 0.05) is 23.4 Å². The largest absolute Gasteiger partial charge is 0.327 e. The minimum absolute atomic E-state index is 0.0209. The van der Waals surface area contributed by atoms with Crippen LogP contribution in [0.25, 0.3) is 0 Å². The Morgan fingerprint density at radius 3 is 2.65 bits per heavy atom. The Hall–Kier alpha value is -0.740. The highest BCUT2D eigenvalue weighted by Crippen LogP contribution is 2.16. The van der Waals surface area contributed by atoms with Crippen molar-refractivity contribution in [1.82, 2.24) is 0 Å². The number of halogens is 2. The van der Waals surface area contributed by atoms with Crippen LogP contribution in [0.4, 0.5) is 4.39 Å². The van der Waals surface area contributed by atoms with E-state index in [1.165, 1.54) is 6.07 Å². The summed E-state index contributed by atoms with van der Waals surface area (Å²) >= 11 is 3.18. The monoisotopic (exact) mass is 301 g/mol. The first-order chi connectivity index (χ1) is 7.90. The fraction of sp³-hybridized carbons (Fsp3) is 0.462. The van der Waals surface area contributed by atoms with Gasteiger partial charge in [0.1, 0.15) is 11.6 Å². The van der Waals surface area contributed by atoms with E-state index in [0.717, 1.165) is 0 Å². The maximum Gasteiger partial charge on any atom is 0.138 e. The number of nitrogens with two attached hydrogens (primary N) is 1. The summed E-state index contributed by atoms with van der Waals surface area (Å²) in [4.78, 5) is 11.7. The predicted octanol–water partition coefficient (Wildman–Crippen LogP) is 3.07. The van der Waals surface area contributed by atoms with Crippen molar-refractivity contribution in [2.24, 2.45) is 11.7 Å². The molecule has 1 aromatic carbocycles. The van der Waals surface area contributed by atoms with Crippen LogP contribution in [-0.4, -0.2) is 11.8 Å². The molecule has 1 aromatic rings. The molecule has 0 spiro atoms. The molecule has 0 aliphatic rings. The van der Waals surface area contributed by atoms with E-state index in [-0.39, 0.29) is 30.0 Å². The van der Waals surface area contributed by atoms with E-state index in [1.54, 1.807) is 12.1 Å². The maximum absolute atomic E-state index is 13.5. The Kier molecular flexibility index (Phi) is 5.28. The Morgan fingerprint density at radius 2 is 2.12 bits per heavy atom. The van der Waals surface area contributed by atoms with Crippen molar-refractivity contribution in [3.8, 4) is 0 Å². The molecule has 0 aliphatic heterocycles. The number of ketones is 1. The zero-order chi connectivity index (χ0) is 13.0. The molecule has 0 amide bonds. The normalized spacial score (nSPS) is 12.8. The molecule has 0 aromatic heterocycles. The smallest absolute Gasteiger partial charge is 0.138 e. The molecule has 0 radical (unpaired) electrons. The highest BCUT2D eigenvalue weighted by molar-refractivity contribution is 9.10. The summed E-state index contributed by atoms with van der Waals surface area (Å²) in [5, 5.41) is 0. The Labute approximate surface area is 110 Å². The molecule has 0 fully saturated rings. The molecular weight excluding hydrogens is 285 g/mol. The molecular formula is C13H17BrFNO. The van der Waals surface area contributed by atoms with Gasteiger partial charge < -0.3 is 5.73 Å². The number of rotatable bonds is 5. The van der Waals surface area contributed by atoms with Crippen molar-refractivity contribution >= 4 is 21.7 Å². The van der Waals surface area contributed by atoms with Gasteiger partial charge in [-0.2, -0.15) is 0 Å². The van der Waals surface area contributed by atoms with E-state index in [4.69, 9.17) is 5.73 Å². The van der Waals surface area contributed by atoms with Gasteiger partial charge in [-0.3, -0.25) is 4.79 Å². The van der Waals surface area contributed by atoms with Gasteiger partial charge in [0.2, 0.25) is 0 Å². The van der Waals surface area contributed by atoms with Crippen LogP contribution in [0.5, 0.6) is 0 Å². The second kappa shape index (κ2) is 6.26. The summed E-state index contributed by atoms with van der Waals surface area (Å²) in [6, 6.07) is 4.57. The van der Waals surface area contributed by atoms with Gasteiger partial charge in [-0.1, -0.05) is 35.8 Å². The molecule has 4 heteroatoms. The number of Topliss-reactive ketones (excluding diaryl/α,β-unsaturated/α-hetero) is 1. The van der Waals surface area contributed by atoms with Crippen LogP contribution in [0.3, 0.4) is 0 Å². The van der Waals surface area contributed by atoms with Crippen LogP contribution in [0, 0.1) is 11.7 Å². The summed E-state index contributed by atoms with van der Waals surface area (Å²) < 4.78 is 14.2. The lowest BCUT2D eigenvalue weighted by Gasteiger charge is -2.14. The molecule has 1 atom stereocenters. The third-order valence-electron chi connectivity index (χ3n) is 2.72. The standard InChI is InChI=1S/C13H17BrFNO/c1-8(2)13(16)7-11(17)5-9-3-4-10(14)6-12(9)15/h3-4,6,8,13H,5,7,16H2,1-2H3. The van der Waals surface area contributed by atoms with E-state index >= 15 is 0 Å². The Morgan fingerprint density at radius 1 is 1.47 bits per heavy atom. The predicted molar refractivity (Wildman–Crippen MR) is 70.2 cm³/mol. The third kappa shape index (κ3) is 4.56. The van der Waals surface area contributed by atoms with E-state index in [1.807, 2.05) is 13.8 Å². The fourth-order valence-corrected chi connectivity index (χ4v) is 1.78. The summed E-state index contributed by atoms with van der Waals surface area (Å²) in [6.45, 7) is 3.94. The molecule has 0 heterocycles. The van der Waals surface area contributed by atoms with Gasteiger partial charge in [-0.15, -0.1) is 0 Å². The van der Waals surface area contributed by atoms with E-state index in [9.17, 15) is 9.18 Å². The van der Waals surface area contributed by atoms with E-state index in [2.05, 4.69) is 15.9 Å². The van der Waals surface area contributed by atoms with Gasteiger partial charge in [0.05, 0.1) is 0 Å². The van der Waals surface area contributed by atoms with Crippen LogP contribution < -0.4 is 5.73 Å². The molecule has 94 valence electrons. The topological polar surface area (TPSA) is 43.1 Å². The fourth-order valence-electron chi connectivity index (χ4n) is 1.45. The van der Waals surface area contributed by atoms with Crippen molar-refractivity contribution in [2.75, 3.05) is 0 Å².